The molecular formula is C30H35N3O2. The minimum absolute atomic E-state index is 0.0528. The highest BCUT2D eigenvalue weighted by Crippen LogP contribution is 2.36. The first-order valence-corrected chi connectivity index (χ1v) is 12.2. The molecule has 3 aromatic carbocycles. The van der Waals surface area contributed by atoms with E-state index in [9.17, 15) is 9.90 Å². The van der Waals surface area contributed by atoms with E-state index in [1.165, 1.54) is 0 Å². The second kappa shape index (κ2) is 10.9. The Morgan fingerprint density at radius 1 is 1.03 bits per heavy atom. The topological polar surface area (TPSA) is 47.0 Å². The van der Waals surface area contributed by atoms with Crippen LogP contribution in [0.1, 0.15) is 41.4 Å². The molecule has 35 heavy (non-hydrogen) atoms. The smallest absolute Gasteiger partial charge is 0.258 e. The highest BCUT2D eigenvalue weighted by molar-refractivity contribution is 6.06. The van der Waals surface area contributed by atoms with Crippen molar-refractivity contribution in [2.45, 2.75) is 32.0 Å². The lowest BCUT2D eigenvalue weighted by Gasteiger charge is -2.47. The Labute approximate surface area is 208 Å². The maximum atomic E-state index is 13.8. The van der Waals surface area contributed by atoms with Gasteiger partial charge in [0, 0.05) is 50.0 Å². The second-order valence-electron chi connectivity index (χ2n) is 9.42. The summed E-state index contributed by atoms with van der Waals surface area (Å²) in [6.45, 7) is 11.0. The molecule has 1 aliphatic heterocycles. The van der Waals surface area contributed by atoms with Crippen molar-refractivity contribution in [1.82, 2.24) is 9.80 Å². The Hall–Kier alpha value is -3.41. The zero-order valence-corrected chi connectivity index (χ0v) is 20.8. The van der Waals surface area contributed by atoms with Gasteiger partial charge in [0.15, 0.2) is 0 Å². The molecule has 1 saturated heterocycles. The number of rotatable bonds is 7. The molecule has 0 radical (unpaired) electrons. The monoisotopic (exact) mass is 469 g/mol. The van der Waals surface area contributed by atoms with E-state index in [0.717, 1.165) is 36.4 Å². The maximum Gasteiger partial charge on any atom is 0.258 e. The molecule has 0 bridgehead atoms. The number of carbonyl (C=O) groups excluding carboxylic acids is 1. The van der Waals surface area contributed by atoms with Crippen LogP contribution in [0.15, 0.2) is 91.5 Å². The Morgan fingerprint density at radius 2 is 1.74 bits per heavy atom. The summed E-state index contributed by atoms with van der Waals surface area (Å²) in [5, 5.41) is 10.3. The standard InChI is InChI=1S/C30H35N3O2/c1-5-18-32-20-23(3)33(21-22(32)2)29(24-12-11-15-26(34)19-24)27-16-9-10-17-28(27)30(35)31(4)25-13-7-6-8-14-25/h5-17,19,22-23,29,34H,1,18,20-21H2,2-4H3/t22-,23+,29+/m1/s1. The van der Waals surface area contributed by atoms with E-state index in [4.69, 9.17) is 0 Å². The number of para-hydroxylation sites is 1. The molecular weight excluding hydrogens is 434 g/mol. The molecule has 182 valence electrons. The highest BCUT2D eigenvalue weighted by Gasteiger charge is 2.36. The quantitative estimate of drug-likeness (QED) is 0.475. The predicted molar refractivity (Wildman–Crippen MR) is 143 cm³/mol. The van der Waals surface area contributed by atoms with Gasteiger partial charge in [-0.05, 0) is 55.3 Å². The Kier molecular flexibility index (Phi) is 7.69. The third-order valence-electron chi connectivity index (χ3n) is 6.98. The number of carbonyl (C=O) groups is 1. The van der Waals surface area contributed by atoms with Gasteiger partial charge in [0.05, 0.1) is 6.04 Å². The molecule has 3 atom stereocenters. The maximum absolute atomic E-state index is 13.8. The number of amides is 1. The number of phenols is 1. The number of hydrogen-bond donors (Lipinski definition) is 1. The Balaban J connectivity index is 1.78. The summed E-state index contributed by atoms with van der Waals surface area (Å²) in [5.41, 5.74) is 3.44. The van der Waals surface area contributed by atoms with Gasteiger partial charge in [0.1, 0.15) is 5.75 Å². The summed E-state index contributed by atoms with van der Waals surface area (Å²) >= 11 is 0. The van der Waals surface area contributed by atoms with Gasteiger partial charge in [-0.3, -0.25) is 14.6 Å². The Morgan fingerprint density at radius 3 is 2.46 bits per heavy atom. The minimum atomic E-state index is -0.172. The van der Waals surface area contributed by atoms with E-state index in [2.05, 4.69) is 30.2 Å². The second-order valence-corrected chi connectivity index (χ2v) is 9.42. The molecule has 0 aliphatic carbocycles. The van der Waals surface area contributed by atoms with E-state index in [1.54, 1.807) is 11.0 Å². The lowest BCUT2D eigenvalue weighted by molar-refractivity contribution is 0.0304. The molecule has 3 aromatic rings. The van der Waals surface area contributed by atoms with Crippen LogP contribution in [-0.2, 0) is 0 Å². The number of phenolic OH excluding ortho intramolecular Hbond substituents is 1. The van der Waals surface area contributed by atoms with Gasteiger partial charge in [-0.1, -0.05) is 54.6 Å². The van der Waals surface area contributed by atoms with Crippen molar-refractivity contribution in [3.8, 4) is 5.75 Å². The van der Waals surface area contributed by atoms with Crippen molar-refractivity contribution in [2.24, 2.45) is 0 Å². The third-order valence-corrected chi connectivity index (χ3v) is 6.98. The van der Waals surface area contributed by atoms with Crippen LogP contribution in [-0.4, -0.2) is 59.6 Å². The fourth-order valence-corrected chi connectivity index (χ4v) is 5.13. The van der Waals surface area contributed by atoms with Crippen molar-refractivity contribution in [3.05, 3.63) is 108 Å². The van der Waals surface area contributed by atoms with Gasteiger partial charge in [-0.2, -0.15) is 0 Å². The minimum Gasteiger partial charge on any atom is -0.508 e. The van der Waals surface area contributed by atoms with Gasteiger partial charge in [-0.15, -0.1) is 6.58 Å². The summed E-state index contributed by atoms with van der Waals surface area (Å²) in [7, 11) is 1.82. The molecule has 4 rings (SSSR count). The average molecular weight is 470 g/mol. The van der Waals surface area contributed by atoms with Crippen LogP contribution >= 0.6 is 0 Å². The zero-order chi connectivity index (χ0) is 24.9. The van der Waals surface area contributed by atoms with Crippen molar-refractivity contribution >= 4 is 11.6 Å². The molecule has 0 spiro atoms. The number of hydrogen-bond acceptors (Lipinski definition) is 4. The van der Waals surface area contributed by atoms with Crippen LogP contribution in [0.4, 0.5) is 5.69 Å². The normalized spacial score (nSPS) is 19.7. The van der Waals surface area contributed by atoms with Gasteiger partial charge in [-0.25, -0.2) is 0 Å². The molecule has 1 fully saturated rings. The summed E-state index contributed by atoms with van der Waals surface area (Å²) in [6.07, 6.45) is 1.96. The van der Waals surface area contributed by atoms with E-state index in [0.29, 0.717) is 11.6 Å². The van der Waals surface area contributed by atoms with Gasteiger partial charge < -0.3 is 10.0 Å². The van der Waals surface area contributed by atoms with Crippen LogP contribution in [0, 0.1) is 0 Å². The SMILES string of the molecule is C=CCN1C[C@H](C)N([C@@H](c2cccc(O)c2)c2ccccc2C(=O)N(C)c2ccccc2)C[C@H]1C. The van der Waals surface area contributed by atoms with Crippen LogP contribution in [0.2, 0.25) is 0 Å². The molecule has 5 nitrogen and oxygen atoms in total. The molecule has 1 aliphatic rings. The predicted octanol–water partition coefficient (Wildman–Crippen LogP) is 5.34. The van der Waals surface area contributed by atoms with E-state index in [1.807, 2.05) is 85.9 Å². The lowest BCUT2D eigenvalue weighted by atomic mass is 9.90. The van der Waals surface area contributed by atoms with Crippen molar-refractivity contribution < 1.29 is 9.90 Å². The molecule has 1 amide bonds. The number of nitrogens with zero attached hydrogens (tertiary/aromatic N) is 3. The number of anilines is 1. The van der Waals surface area contributed by atoms with Crippen molar-refractivity contribution in [3.63, 3.8) is 0 Å². The third kappa shape index (κ3) is 5.31. The highest BCUT2D eigenvalue weighted by atomic mass is 16.3. The summed E-state index contributed by atoms with van der Waals surface area (Å²) < 4.78 is 0. The number of benzene rings is 3. The van der Waals surface area contributed by atoms with Gasteiger partial charge >= 0.3 is 0 Å². The average Bonchev–Trinajstić information content (AvgIpc) is 2.87. The zero-order valence-electron chi connectivity index (χ0n) is 20.8. The van der Waals surface area contributed by atoms with Crippen molar-refractivity contribution in [1.29, 1.82) is 0 Å². The lowest BCUT2D eigenvalue weighted by Crippen LogP contribution is -2.57. The summed E-state index contributed by atoms with van der Waals surface area (Å²) in [6, 6.07) is 25.4. The van der Waals surface area contributed by atoms with Gasteiger partial charge in [0.2, 0.25) is 0 Å². The Bertz CT molecular complexity index is 1160. The fraction of sp³-hybridized carbons (Fsp3) is 0.300. The number of piperazine rings is 1. The summed E-state index contributed by atoms with van der Waals surface area (Å²) in [4.78, 5) is 20.4. The van der Waals surface area contributed by atoms with Crippen LogP contribution in [0.25, 0.3) is 0 Å². The number of aromatic hydroxyl groups is 1. The first-order chi connectivity index (χ1) is 16.9. The van der Waals surface area contributed by atoms with Crippen molar-refractivity contribution in [2.75, 3.05) is 31.6 Å². The molecule has 1 heterocycles. The molecule has 5 heteroatoms. The fourth-order valence-electron chi connectivity index (χ4n) is 5.13. The van der Waals surface area contributed by atoms with Crippen LogP contribution in [0.3, 0.4) is 0 Å². The van der Waals surface area contributed by atoms with E-state index < -0.39 is 0 Å². The largest absolute Gasteiger partial charge is 0.508 e. The van der Waals surface area contributed by atoms with Crippen LogP contribution < -0.4 is 4.90 Å². The molecule has 1 N–H and O–H groups in total. The van der Waals surface area contributed by atoms with E-state index >= 15 is 0 Å². The first-order valence-electron chi connectivity index (χ1n) is 12.2. The van der Waals surface area contributed by atoms with Gasteiger partial charge in [0.25, 0.3) is 5.91 Å². The molecule has 0 unspecified atom stereocenters. The first kappa shape index (κ1) is 24.7. The summed E-state index contributed by atoms with van der Waals surface area (Å²) in [5.74, 6) is 0.173. The molecule has 0 aromatic heterocycles. The molecule has 0 saturated carbocycles. The van der Waals surface area contributed by atoms with Crippen LogP contribution in [0.5, 0.6) is 5.75 Å². The van der Waals surface area contributed by atoms with E-state index in [-0.39, 0.29) is 23.7 Å².